The maximum atomic E-state index is 13.7. The lowest BCUT2D eigenvalue weighted by Crippen LogP contribution is -2.74. The zero-order chi connectivity index (χ0) is 34.2. The average molecular weight is 676 g/mol. The molecule has 0 amide bonds. The Bertz CT molecular complexity index is 1040. The first-order chi connectivity index (χ1) is 17.2. The number of carbonyl (C=O) groups is 1. The van der Waals surface area contributed by atoms with E-state index in [1.807, 2.05) is 0 Å². The van der Waals surface area contributed by atoms with Gasteiger partial charge in [-0.15, -0.1) is 0 Å². The number of halogens is 25. The molecular weight excluding hydrogens is 675 g/mol. The van der Waals surface area contributed by atoms with Gasteiger partial charge in [-0.1, -0.05) is 0 Å². The molecule has 0 aliphatic heterocycles. The van der Waals surface area contributed by atoms with E-state index in [9.17, 15) is 115 Å². The number of rotatable bonds is 10. The van der Waals surface area contributed by atoms with Gasteiger partial charge in [-0.3, -0.25) is 0 Å². The van der Waals surface area contributed by atoms with Crippen molar-refractivity contribution < 1.29 is 120 Å². The van der Waals surface area contributed by atoms with Gasteiger partial charge in [-0.05, 0) is 0 Å². The number of allylic oxidation sites excluding steroid dienone is 1. The zero-order valence-electron chi connectivity index (χ0n) is 17.3. The maximum absolute atomic E-state index is 13.7. The Morgan fingerprint density at radius 3 is 0.854 bits per heavy atom. The summed E-state index contributed by atoms with van der Waals surface area (Å²) in [4.78, 5) is 10.5. The van der Waals surface area contributed by atoms with Crippen LogP contribution in [0.5, 0.6) is 0 Å². The van der Waals surface area contributed by atoms with E-state index in [2.05, 4.69) is 0 Å². The summed E-state index contributed by atoms with van der Waals surface area (Å²) in [5.41, 5.74) is -5.32. The lowest BCUT2D eigenvalue weighted by molar-refractivity contribution is -0.460. The minimum atomic E-state index is -9.42. The molecule has 0 radical (unpaired) electrons. The van der Waals surface area contributed by atoms with Gasteiger partial charge in [0.05, 0.1) is 0 Å². The van der Waals surface area contributed by atoms with Crippen LogP contribution in [-0.2, 0) is 4.79 Å². The standard InChI is InChI=1S/C14HF25O2/c15-2(1(3(40)41)4(16,17)7(22,23)13(34,35)36)5(18,19)6(20,21)8(24,25)9(26,27)10(28,29)11(30,31)12(32,33)14(37,38)39/h(H,40,41). The summed E-state index contributed by atoms with van der Waals surface area (Å²) in [5, 5.41) is 8.10. The first-order valence-corrected chi connectivity index (χ1v) is 8.40. The Labute approximate surface area is 204 Å². The van der Waals surface area contributed by atoms with E-state index < -0.39 is 83.0 Å². The number of carboxylic acid groups (broad SMARTS) is 1. The first-order valence-electron chi connectivity index (χ1n) is 8.40. The van der Waals surface area contributed by atoms with E-state index in [1.165, 1.54) is 0 Å². The molecule has 0 unspecified atom stereocenters. The van der Waals surface area contributed by atoms with Crippen molar-refractivity contribution in [2.75, 3.05) is 0 Å². The SMILES string of the molecule is O=C(O)C(=C(F)C(F)(F)C(F)(F)C(F)(F)C(F)(F)C(F)(F)C(F)(F)C(F)(F)C(F)(F)F)C(F)(F)C(F)(F)C(F)(F)F. The number of carboxylic acids is 1. The maximum Gasteiger partial charge on any atom is 0.460 e. The molecule has 0 bridgehead atoms. The Balaban J connectivity index is 7.59. The van der Waals surface area contributed by atoms with E-state index >= 15 is 0 Å². The van der Waals surface area contributed by atoms with E-state index in [1.54, 1.807) is 0 Å². The fourth-order valence-electron chi connectivity index (χ4n) is 2.16. The summed E-state index contributed by atoms with van der Waals surface area (Å²) in [7, 11) is 0. The Morgan fingerprint density at radius 1 is 0.366 bits per heavy atom. The number of hydrogen-bond donors (Lipinski definition) is 1. The van der Waals surface area contributed by atoms with Gasteiger partial charge < -0.3 is 5.11 Å². The molecule has 0 rings (SSSR count). The zero-order valence-corrected chi connectivity index (χ0v) is 17.3. The van der Waals surface area contributed by atoms with Gasteiger partial charge in [0, 0.05) is 0 Å². The highest BCUT2D eigenvalue weighted by atomic mass is 19.4. The minimum absolute atomic E-state index is 4.64. The summed E-state index contributed by atoms with van der Waals surface area (Å²) in [6.45, 7) is 0. The second kappa shape index (κ2) is 9.48. The van der Waals surface area contributed by atoms with E-state index in [4.69, 9.17) is 5.11 Å². The highest BCUT2D eigenvalue weighted by Crippen LogP contribution is 2.65. The van der Waals surface area contributed by atoms with Crippen LogP contribution in [0.25, 0.3) is 0 Å². The van der Waals surface area contributed by atoms with Crippen LogP contribution in [-0.4, -0.2) is 76.7 Å². The molecule has 0 aliphatic rings. The third-order valence-corrected chi connectivity index (χ3v) is 4.50. The first kappa shape index (κ1) is 38.5. The topological polar surface area (TPSA) is 37.3 Å². The second-order valence-electron chi connectivity index (χ2n) is 7.16. The fourth-order valence-corrected chi connectivity index (χ4v) is 2.16. The Morgan fingerprint density at radius 2 is 0.610 bits per heavy atom. The molecule has 0 saturated carbocycles. The number of hydrogen-bond acceptors (Lipinski definition) is 1. The second-order valence-corrected chi connectivity index (χ2v) is 7.16. The molecule has 27 heteroatoms. The third-order valence-electron chi connectivity index (χ3n) is 4.50. The molecule has 1 N–H and O–H groups in total. The molecule has 0 aromatic carbocycles. The van der Waals surface area contributed by atoms with E-state index in [0.29, 0.717) is 0 Å². The van der Waals surface area contributed by atoms with Crippen molar-refractivity contribution in [2.24, 2.45) is 0 Å². The molecule has 2 nitrogen and oxygen atoms in total. The molecule has 244 valence electrons. The molecule has 0 aromatic heterocycles. The van der Waals surface area contributed by atoms with Gasteiger partial charge in [0.1, 0.15) is 0 Å². The third kappa shape index (κ3) is 4.86. The van der Waals surface area contributed by atoms with Crippen LogP contribution in [0, 0.1) is 0 Å². The molecule has 0 aliphatic carbocycles. The van der Waals surface area contributed by atoms with Crippen molar-refractivity contribution in [1.29, 1.82) is 0 Å². The van der Waals surface area contributed by atoms with E-state index in [-0.39, 0.29) is 0 Å². The number of alkyl halides is 24. The molecule has 0 saturated heterocycles. The quantitative estimate of drug-likeness (QED) is 0.188. The molecular formula is C14HF25O2. The smallest absolute Gasteiger partial charge is 0.460 e. The van der Waals surface area contributed by atoms with Crippen molar-refractivity contribution >= 4 is 5.97 Å². The predicted molar refractivity (Wildman–Crippen MR) is 72.4 cm³/mol. The summed E-state index contributed by atoms with van der Waals surface area (Å²) in [5.74, 6) is -90.7. The molecule has 0 heterocycles. The van der Waals surface area contributed by atoms with Gasteiger partial charge in [0.2, 0.25) is 0 Å². The molecule has 0 spiro atoms. The van der Waals surface area contributed by atoms with Crippen LogP contribution in [0.2, 0.25) is 0 Å². The molecule has 0 aromatic rings. The van der Waals surface area contributed by atoms with Crippen LogP contribution in [0.1, 0.15) is 0 Å². The average Bonchev–Trinajstić information content (AvgIpc) is 2.70. The summed E-state index contributed by atoms with van der Waals surface area (Å²) in [6, 6.07) is 0. The van der Waals surface area contributed by atoms with Crippen LogP contribution < -0.4 is 0 Å². The molecule has 0 atom stereocenters. The van der Waals surface area contributed by atoms with Crippen molar-refractivity contribution in [3.8, 4) is 0 Å². The van der Waals surface area contributed by atoms with Crippen molar-refractivity contribution in [3.05, 3.63) is 11.4 Å². The summed E-state index contributed by atoms with van der Waals surface area (Å²) < 4.78 is 325. The van der Waals surface area contributed by atoms with Crippen LogP contribution >= 0.6 is 0 Å². The van der Waals surface area contributed by atoms with Gasteiger partial charge >= 0.3 is 71.6 Å². The lowest BCUT2D eigenvalue weighted by Gasteiger charge is -2.42. The minimum Gasteiger partial charge on any atom is -0.478 e. The fraction of sp³-hybridized carbons (Fsp3) is 0.786. The van der Waals surface area contributed by atoms with Crippen LogP contribution in [0.4, 0.5) is 110 Å². The van der Waals surface area contributed by atoms with E-state index in [0.717, 1.165) is 0 Å². The van der Waals surface area contributed by atoms with Gasteiger partial charge in [-0.2, -0.15) is 105 Å². The summed E-state index contributed by atoms with van der Waals surface area (Å²) in [6.07, 6.45) is -16.0. The van der Waals surface area contributed by atoms with Crippen LogP contribution in [0.3, 0.4) is 0 Å². The Hall–Kier alpha value is -2.54. The van der Waals surface area contributed by atoms with Crippen molar-refractivity contribution in [2.45, 2.75) is 65.7 Å². The lowest BCUT2D eigenvalue weighted by atomic mass is 9.87. The van der Waals surface area contributed by atoms with Gasteiger partial charge in [0.15, 0.2) is 11.4 Å². The monoisotopic (exact) mass is 676 g/mol. The normalized spacial score (nSPS) is 17.0. The predicted octanol–water partition coefficient (Wildman–Crippen LogP) is 8.14. The van der Waals surface area contributed by atoms with Crippen LogP contribution in [0.15, 0.2) is 11.4 Å². The highest BCUT2D eigenvalue weighted by Gasteiger charge is 2.95. The van der Waals surface area contributed by atoms with Gasteiger partial charge in [-0.25, -0.2) is 9.18 Å². The van der Waals surface area contributed by atoms with Crippen molar-refractivity contribution in [3.63, 3.8) is 0 Å². The Kier molecular flexibility index (Phi) is 8.90. The molecule has 41 heavy (non-hydrogen) atoms. The molecule has 0 fully saturated rings. The summed E-state index contributed by atoms with van der Waals surface area (Å²) >= 11 is 0. The number of aliphatic carboxylic acids is 1. The van der Waals surface area contributed by atoms with Crippen molar-refractivity contribution in [1.82, 2.24) is 0 Å². The largest absolute Gasteiger partial charge is 0.478 e. The van der Waals surface area contributed by atoms with Gasteiger partial charge in [0.25, 0.3) is 0 Å². The highest BCUT2D eigenvalue weighted by molar-refractivity contribution is 5.90.